The number of rotatable bonds is 4. The summed E-state index contributed by atoms with van der Waals surface area (Å²) in [6.45, 7) is 0. The van der Waals surface area contributed by atoms with Crippen molar-refractivity contribution < 1.29 is 19.1 Å². The molecule has 6 heteroatoms. The van der Waals surface area contributed by atoms with Crippen molar-refractivity contribution in [1.29, 1.82) is 0 Å². The van der Waals surface area contributed by atoms with Crippen molar-refractivity contribution in [2.75, 3.05) is 7.11 Å². The molecule has 0 radical (unpaired) electrons. The Labute approximate surface area is 138 Å². The van der Waals surface area contributed by atoms with Gasteiger partial charge in [-0.25, -0.2) is 0 Å². The van der Waals surface area contributed by atoms with Gasteiger partial charge in [-0.3, -0.25) is 4.79 Å². The largest absolute Gasteiger partial charge is 0.497 e. The summed E-state index contributed by atoms with van der Waals surface area (Å²) in [5, 5.41) is 17.2. The summed E-state index contributed by atoms with van der Waals surface area (Å²) < 4.78 is 10.4. The molecule has 2 aromatic carbocycles. The molecule has 1 N–H and O–H groups in total. The number of amides is 1. The van der Waals surface area contributed by atoms with Crippen LogP contribution >= 0.6 is 0 Å². The van der Waals surface area contributed by atoms with Crippen LogP contribution in [0.5, 0.6) is 11.7 Å². The fraction of sp³-hybridized carbons (Fsp3) is 0.0556. The molecule has 0 spiro atoms. The minimum Gasteiger partial charge on any atom is -0.497 e. The molecule has 3 rings (SSSR count). The van der Waals surface area contributed by atoms with E-state index in [1.165, 1.54) is 6.07 Å². The molecule has 0 saturated carbocycles. The Morgan fingerprint density at radius 2 is 1.79 bits per heavy atom. The molecule has 0 bridgehead atoms. The minimum absolute atomic E-state index is 0.0881. The first-order chi connectivity index (χ1) is 11.7. The summed E-state index contributed by atoms with van der Waals surface area (Å²) in [7, 11) is 1.58. The Kier molecular flexibility index (Phi) is 4.38. The van der Waals surface area contributed by atoms with Crippen LogP contribution in [-0.2, 0) is 0 Å². The molecule has 120 valence electrons. The van der Waals surface area contributed by atoms with Crippen LogP contribution in [0.4, 0.5) is 5.69 Å². The van der Waals surface area contributed by atoms with Gasteiger partial charge in [0.05, 0.1) is 7.11 Å². The van der Waals surface area contributed by atoms with Gasteiger partial charge in [0.15, 0.2) is 5.69 Å². The Morgan fingerprint density at radius 3 is 2.46 bits per heavy atom. The van der Waals surface area contributed by atoms with Gasteiger partial charge in [-0.1, -0.05) is 18.2 Å². The van der Waals surface area contributed by atoms with Gasteiger partial charge in [0.25, 0.3) is 5.91 Å². The van der Waals surface area contributed by atoms with E-state index in [2.05, 4.69) is 10.2 Å². The Hall–Kier alpha value is -3.41. The Morgan fingerprint density at radius 1 is 1.08 bits per heavy atom. The molecule has 1 amide bonds. The number of methoxy groups -OCH3 is 1. The fourth-order valence-corrected chi connectivity index (χ4v) is 2.08. The van der Waals surface area contributed by atoms with Crippen LogP contribution in [0.1, 0.15) is 10.4 Å². The number of hydrogen-bond donors (Lipinski definition) is 1. The highest BCUT2D eigenvalue weighted by Crippen LogP contribution is 2.36. The smallest absolute Gasteiger partial charge is 0.311 e. The topological polar surface area (TPSA) is 84.4 Å². The molecule has 0 aliphatic heterocycles. The second-order valence-corrected chi connectivity index (χ2v) is 4.90. The van der Waals surface area contributed by atoms with Crippen molar-refractivity contribution in [3.05, 3.63) is 66.2 Å². The number of benzene rings is 2. The lowest BCUT2D eigenvalue weighted by Gasteiger charge is -1.99. The van der Waals surface area contributed by atoms with Crippen molar-refractivity contribution >= 4 is 11.6 Å². The van der Waals surface area contributed by atoms with Crippen LogP contribution in [0.15, 0.2) is 75.3 Å². The highest BCUT2D eigenvalue weighted by atomic mass is 16.5. The Balaban J connectivity index is 1.81. The zero-order valence-corrected chi connectivity index (χ0v) is 12.8. The summed E-state index contributed by atoms with van der Waals surface area (Å²) in [4.78, 5) is 11.9. The first kappa shape index (κ1) is 15.5. The lowest BCUT2D eigenvalue weighted by Crippen LogP contribution is -1.91. The molecule has 1 heterocycles. The van der Waals surface area contributed by atoms with Crippen LogP contribution < -0.4 is 4.74 Å². The fourth-order valence-electron chi connectivity index (χ4n) is 2.08. The van der Waals surface area contributed by atoms with Gasteiger partial charge in [0, 0.05) is 17.2 Å². The highest BCUT2D eigenvalue weighted by Gasteiger charge is 2.12. The van der Waals surface area contributed by atoms with E-state index < -0.39 is 11.9 Å². The number of carbonyl (C=O) groups excluding carboxylic acids is 1. The molecule has 0 fully saturated rings. The van der Waals surface area contributed by atoms with Crippen molar-refractivity contribution in [1.82, 2.24) is 0 Å². The number of carbonyl (C=O) groups is 1. The molecule has 0 aliphatic rings. The summed E-state index contributed by atoms with van der Waals surface area (Å²) in [5.74, 6) is 0.229. The van der Waals surface area contributed by atoms with E-state index in [1.807, 2.05) is 0 Å². The minimum atomic E-state index is -0.498. The maximum Gasteiger partial charge on any atom is 0.311 e. The maximum absolute atomic E-state index is 11.9. The van der Waals surface area contributed by atoms with Gasteiger partial charge in [0.2, 0.25) is 0 Å². The van der Waals surface area contributed by atoms with Gasteiger partial charge in [-0.15, -0.1) is 10.2 Å². The third kappa shape index (κ3) is 3.33. The van der Waals surface area contributed by atoms with Crippen molar-refractivity contribution in [2.45, 2.75) is 0 Å². The predicted molar refractivity (Wildman–Crippen MR) is 87.6 cm³/mol. The van der Waals surface area contributed by atoms with Crippen LogP contribution in [0, 0.1) is 0 Å². The molecule has 3 aromatic rings. The monoisotopic (exact) mass is 322 g/mol. The van der Waals surface area contributed by atoms with Gasteiger partial charge in [-0.05, 0) is 36.4 Å². The van der Waals surface area contributed by atoms with Crippen molar-refractivity contribution in [2.24, 2.45) is 10.2 Å². The lowest BCUT2D eigenvalue weighted by molar-refractivity contribution is 0.0995. The number of hydrogen-bond acceptors (Lipinski definition) is 5. The van der Waals surface area contributed by atoms with Gasteiger partial charge in [0.1, 0.15) is 11.5 Å². The zero-order valence-electron chi connectivity index (χ0n) is 12.8. The molecule has 0 unspecified atom stereocenters. The quantitative estimate of drug-likeness (QED) is 0.712. The summed E-state index contributed by atoms with van der Waals surface area (Å²) in [5.41, 5.74) is 1.24. The zero-order chi connectivity index (χ0) is 16.9. The summed E-state index contributed by atoms with van der Waals surface area (Å²) in [6, 6.07) is 17.2. The third-order valence-corrected chi connectivity index (χ3v) is 3.34. The first-order valence-electron chi connectivity index (χ1n) is 7.15. The molecule has 24 heavy (non-hydrogen) atoms. The van der Waals surface area contributed by atoms with Crippen LogP contribution in [0.2, 0.25) is 0 Å². The second kappa shape index (κ2) is 6.78. The Bertz CT molecular complexity index is 868. The van der Waals surface area contributed by atoms with E-state index in [4.69, 9.17) is 9.15 Å². The number of ether oxygens (including phenoxy) is 1. The molecular weight excluding hydrogens is 308 g/mol. The molecule has 0 saturated heterocycles. The first-order valence-corrected chi connectivity index (χ1v) is 7.15. The second-order valence-electron chi connectivity index (χ2n) is 4.90. The number of aromatic hydroxyl groups is 1. The van der Waals surface area contributed by atoms with Gasteiger partial charge >= 0.3 is 5.95 Å². The predicted octanol–water partition coefficient (Wildman–Crippen LogP) is 4.58. The normalized spacial score (nSPS) is 10.9. The SMILES string of the molecule is COc1ccc(-c2cc(N=NC(=O)c3ccccc3)c(O)o2)cc1. The van der Waals surface area contributed by atoms with Gasteiger partial charge in [-0.2, -0.15) is 0 Å². The standard InChI is InChI=1S/C18H14N2O4/c1-23-14-9-7-12(8-10-14)16-11-15(18(22)24-16)19-20-17(21)13-5-3-2-4-6-13/h2-11,22H,1H3. The van der Waals surface area contributed by atoms with E-state index in [1.54, 1.807) is 61.7 Å². The number of azo groups is 1. The molecule has 0 atom stereocenters. The van der Waals surface area contributed by atoms with Gasteiger partial charge < -0.3 is 14.3 Å². The van der Waals surface area contributed by atoms with E-state index in [-0.39, 0.29) is 5.69 Å². The maximum atomic E-state index is 11.9. The van der Waals surface area contributed by atoms with E-state index in [0.29, 0.717) is 17.1 Å². The molecular formula is C18H14N2O4. The van der Waals surface area contributed by atoms with Crippen molar-refractivity contribution in [3.8, 4) is 23.0 Å². The summed E-state index contributed by atoms with van der Waals surface area (Å²) in [6.07, 6.45) is 0. The number of nitrogens with zero attached hydrogens (tertiary/aromatic N) is 2. The molecule has 1 aromatic heterocycles. The highest BCUT2D eigenvalue weighted by molar-refractivity contribution is 5.94. The van der Waals surface area contributed by atoms with Crippen molar-refractivity contribution in [3.63, 3.8) is 0 Å². The number of furan rings is 1. The van der Waals surface area contributed by atoms with E-state index in [0.717, 1.165) is 5.56 Å². The average Bonchev–Trinajstić information content (AvgIpc) is 3.01. The third-order valence-electron chi connectivity index (χ3n) is 3.34. The average molecular weight is 322 g/mol. The lowest BCUT2D eigenvalue weighted by atomic mass is 10.1. The molecule has 0 aliphatic carbocycles. The molecule has 6 nitrogen and oxygen atoms in total. The van der Waals surface area contributed by atoms with Crippen LogP contribution in [-0.4, -0.2) is 18.1 Å². The van der Waals surface area contributed by atoms with Crippen LogP contribution in [0.3, 0.4) is 0 Å². The van der Waals surface area contributed by atoms with E-state index >= 15 is 0 Å². The summed E-state index contributed by atoms with van der Waals surface area (Å²) >= 11 is 0. The van der Waals surface area contributed by atoms with E-state index in [9.17, 15) is 9.90 Å². The van der Waals surface area contributed by atoms with Crippen LogP contribution in [0.25, 0.3) is 11.3 Å².